The largest absolute Gasteiger partial charge is 0.496 e. The summed E-state index contributed by atoms with van der Waals surface area (Å²) in [5.41, 5.74) is 0.973. The third-order valence-electron chi connectivity index (χ3n) is 5.65. The molecule has 1 N–H and O–H groups in total. The molecule has 8 nitrogen and oxygen atoms in total. The van der Waals surface area contributed by atoms with E-state index < -0.39 is 28.5 Å². The minimum absolute atomic E-state index is 0.0343. The molecule has 34 heavy (non-hydrogen) atoms. The highest BCUT2D eigenvalue weighted by molar-refractivity contribution is 7.89. The van der Waals surface area contributed by atoms with Crippen LogP contribution in [0.3, 0.4) is 0 Å². The molecule has 1 amide bonds. The van der Waals surface area contributed by atoms with Gasteiger partial charge in [-0.05, 0) is 55.2 Å². The summed E-state index contributed by atoms with van der Waals surface area (Å²) in [6.45, 7) is 1.98. The highest BCUT2D eigenvalue weighted by Crippen LogP contribution is 2.26. The minimum atomic E-state index is -3.78. The Balaban J connectivity index is 1.66. The molecule has 2 aromatic rings. The van der Waals surface area contributed by atoms with Gasteiger partial charge in [0.15, 0.2) is 6.61 Å². The van der Waals surface area contributed by atoms with Crippen molar-refractivity contribution in [3.05, 3.63) is 58.9 Å². The van der Waals surface area contributed by atoms with Gasteiger partial charge in [0.1, 0.15) is 17.1 Å². The molecule has 1 fully saturated rings. The van der Waals surface area contributed by atoms with Crippen molar-refractivity contribution in [1.82, 2.24) is 9.62 Å². The summed E-state index contributed by atoms with van der Waals surface area (Å²) < 4.78 is 51.5. The molecule has 0 atom stereocenters. The number of carbonyl (C=O) groups excluding carboxylic acids is 2. The number of sulfonamides is 1. The Hall–Kier alpha value is -2.98. The molecule has 1 aliphatic rings. The number of methoxy groups -OCH3 is 1. The number of aryl methyl sites for hydroxylation is 1. The van der Waals surface area contributed by atoms with Crippen LogP contribution in [0.4, 0.5) is 4.39 Å². The van der Waals surface area contributed by atoms with Crippen molar-refractivity contribution in [2.24, 2.45) is 0 Å². The van der Waals surface area contributed by atoms with Gasteiger partial charge in [0.05, 0.1) is 12.0 Å². The highest BCUT2D eigenvalue weighted by Gasteiger charge is 2.27. The Labute approximate surface area is 199 Å². The molecule has 0 radical (unpaired) electrons. The van der Waals surface area contributed by atoms with Gasteiger partial charge in [-0.2, -0.15) is 4.31 Å². The number of rotatable bonds is 8. The summed E-state index contributed by atoms with van der Waals surface area (Å²) in [5, 5.41) is 2.55. The summed E-state index contributed by atoms with van der Waals surface area (Å²) in [6.07, 6.45) is 3.53. The number of benzene rings is 2. The second-order valence-electron chi connectivity index (χ2n) is 8.12. The third kappa shape index (κ3) is 6.32. The number of esters is 1. The molecule has 1 heterocycles. The number of halogens is 1. The molecule has 0 spiro atoms. The van der Waals surface area contributed by atoms with E-state index in [1.807, 2.05) is 0 Å². The van der Waals surface area contributed by atoms with Crippen LogP contribution in [-0.2, 0) is 26.1 Å². The van der Waals surface area contributed by atoms with Crippen LogP contribution in [0.25, 0.3) is 0 Å². The van der Waals surface area contributed by atoms with Gasteiger partial charge >= 0.3 is 5.97 Å². The summed E-state index contributed by atoms with van der Waals surface area (Å²) in [7, 11) is -2.43. The molecule has 1 saturated heterocycles. The van der Waals surface area contributed by atoms with E-state index in [9.17, 15) is 22.4 Å². The van der Waals surface area contributed by atoms with Crippen LogP contribution in [0.1, 0.15) is 47.2 Å². The van der Waals surface area contributed by atoms with Gasteiger partial charge in [0.2, 0.25) is 10.0 Å². The Morgan fingerprint density at radius 1 is 1.06 bits per heavy atom. The number of nitrogens with one attached hydrogen (secondary N) is 1. The molecule has 2 aromatic carbocycles. The lowest BCUT2D eigenvalue weighted by Crippen LogP contribution is -2.32. The summed E-state index contributed by atoms with van der Waals surface area (Å²) in [4.78, 5) is 24.7. The highest BCUT2D eigenvalue weighted by atomic mass is 32.2. The molecule has 3 rings (SSSR count). The van der Waals surface area contributed by atoms with Gasteiger partial charge in [0, 0.05) is 19.6 Å². The van der Waals surface area contributed by atoms with E-state index in [1.165, 1.54) is 35.7 Å². The second-order valence-corrected chi connectivity index (χ2v) is 10.1. The quantitative estimate of drug-likeness (QED) is 0.568. The first-order chi connectivity index (χ1) is 16.2. The van der Waals surface area contributed by atoms with Gasteiger partial charge in [-0.3, -0.25) is 4.79 Å². The van der Waals surface area contributed by atoms with Crippen molar-refractivity contribution in [3.63, 3.8) is 0 Å². The number of hydrogen-bond acceptors (Lipinski definition) is 6. The van der Waals surface area contributed by atoms with Gasteiger partial charge < -0.3 is 14.8 Å². The SMILES string of the molecule is COc1ccc(S(=O)(=O)N2CCCCCC2)cc1C(=O)OCC(=O)NCc1ccc(C)c(F)c1. The maximum atomic E-state index is 13.6. The molecular weight excluding hydrogens is 463 g/mol. The number of hydrogen-bond donors (Lipinski definition) is 1. The number of nitrogens with zero attached hydrogens (tertiary/aromatic N) is 1. The van der Waals surface area contributed by atoms with Crippen molar-refractivity contribution in [2.45, 2.75) is 44.0 Å². The Kier molecular flexibility index (Phi) is 8.62. The molecule has 0 unspecified atom stereocenters. The second kappa shape index (κ2) is 11.4. The average Bonchev–Trinajstić information content (AvgIpc) is 3.13. The van der Waals surface area contributed by atoms with Crippen molar-refractivity contribution < 1.29 is 31.9 Å². The maximum Gasteiger partial charge on any atom is 0.342 e. The number of carbonyl (C=O) groups is 2. The first-order valence-electron chi connectivity index (χ1n) is 11.1. The predicted molar refractivity (Wildman–Crippen MR) is 123 cm³/mol. The van der Waals surface area contributed by atoms with E-state index in [-0.39, 0.29) is 28.6 Å². The molecule has 0 aromatic heterocycles. The molecule has 0 saturated carbocycles. The number of amides is 1. The Bertz CT molecular complexity index is 1140. The van der Waals surface area contributed by atoms with Crippen molar-refractivity contribution >= 4 is 21.9 Å². The lowest BCUT2D eigenvalue weighted by atomic mass is 10.1. The van der Waals surface area contributed by atoms with Gasteiger partial charge in [0.25, 0.3) is 5.91 Å². The average molecular weight is 493 g/mol. The maximum absolute atomic E-state index is 13.6. The lowest BCUT2D eigenvalue weighted by molar-refractivity contribution is -0.124. The Morgan fingerprint density at radius 2 is 1.76 bits per heavy atom. The van der Waals surface area contributed by atoms with Crippen LogP contribution >= 0.6 is 0 Å². The molecule has 10 heteroatoms. The van der Waals surface area contributed by atoms with Crippen LogP contribution < -0.4 is 10.1 Å². The minimum Gasteiger partial charge on any atom is -0.496 e. The summed E-state index contributed by atoms with van der Waals surface area (Å²) in [5.74, 6) is -1.71. The zero-order valence-corrected chi connectivity index (χ0v) is 20.1. The fourth-order valence-corrected chi connectivity index (χ4v) is 5.19. The smallest absolute Gasteiger partial charge is 0.342 e. The van der Waals surface area contributed by atoms with E-state index in [4.69, 9.17) is 9.47 Å². The van der Waals surface area contributed by atoms with E-state index in [2.05, 4.69) is 5.32 Å². The van der Waals surface area contributed by atoms with E-state index in [0.29, 0.717) is 24.2 Å². The standard InChI is InChI=1S/C24H29FN2O6S/c1-17-7-8-18(13-21(17)25)15-26-23(28)16-33-24(29)20-14-19(9-10-22(20)32-2)34(30,31)27-11-5-3-4-6-12-27/h7-10,13-14H,3-6,11-12,15-16H2,1-2H3,(H,26,28). The summed E-state index contributed by atoms with van der Waals surface area (Å²) in [6, 6.07) is 8.62. The normalized spacial score (nSPS) is 14.8. The van der Waals surface area contributed by atoms with Crippen LogP contribution in [0, 0.1) is 12.7 Å². The van der Waals surface area contributed by atoms with Crippen LogP contribution in [0.15, 0.2) is 41.3 Å². The fraction of sp³-hybridized carbons (Fsp3) is 0.417. The molecule has 184 valence electrons. The van der Waals surface area contributed by atoms with Crippen molar-refractivity contribution in [3.8, 4) is 5.75 Å². The molecule has 1 aliphatic heterocycles. The first-order valence-corrected chi connectivity index (χ1v) is 12.5. The van der Waals surface area contributed by atoms with Crippen molar-refractivity contribution in [1.29, 1.82) is 0 Å². The third-order valence-corrected chi connectivity index (χ3v) is 7.55. The van der Waals surface area contributed by atoms with Crippen molar-refractivity contribution in [2.75, 3.05) is 26.8 Å². The monoisotopic (exact) mass is 492 g/mol. The number of ether oxygens (including phenoxy) is 2. The van der Waals surface area contributed by atoms with Gasteiger partial charge in [-0.15, -0.1) is 0 Å². The molecule has 0 aliphatic carbocycles. The van der Waals surface area contributed by atoms with Gasteiger partial charge in [-0.1, -0.05) is 25.0 Å². The first kappa shape index (κ1) is 25.6. The van der Waals surface area contributed by atoms with Crippen LogP contribution in [0.2, 0.25) is 0 Å². The summed E-state index contributed by atoms with van der Waals surface area (Å²) >= 11 is 0. The lowest BCUT2D eigenvalue weighted by Gasteiger charge is -2.20. The van der Waals surface area contributed by atoms with Gasteiger partial charge in [-0.25, -0.2) is 17.6 Å². The predicted octanol–water partition coefficient (Wildman–Crippen LogP) is 3.18. The van der Waals surface area contributed by atoms with E-state index in [0.717, 1.165) is 25.7 Å². The Morgan fingerprint density at radius 3 is 2.41 bits per heavy atom. The van der Waals surface area contributed by atoms with Crippen LogP contribution in [0.5, 0.6) is 5.75 Å². The zero-order chi connectivity index (χ0) is 24.7. The fourth-order valence-electron chi connectivity index (χ4n) is 3.65. The zero-order valence-electron chi connectivity index (χ0n) is 19.3. The molecular formula is C24H29FN2O6S. The van der Waals surface area contributed by atoms with Crippen LogP contribution in [-0.4, -0.2) is 51.4 Å². The van der Waals surface area contributed by atoms with E-state index in [1.54, 1.807) is 19.1 Å². The van der Waals surface area contributed by atoms with E-state index >= 15 is 0 Å². The molecule has 0 bridgehead atoms. The topological polar surface area (TPSA) is 102 Å².